The second-order valence-electron chi connectivity index (χ2n) is 7.25. The fraction of sp³-hybridized carbons (Fsp3) is 0.231. The van der Waals surface area contributed by atoms with Gasteiger partial charge in [-0.2, -0.15) is 0 Å². The number of benzene rings is 3. The number of para-hydroxylation sites is 2. The lowest BCUT2D eigenvalue weighted by molar-refractivity contribution is -0.122. The molecule has 3 aromatic rings. The Balaban J connectivity index is 1.56. The zero-order chi connectivity index (χ0) is 24.3. The van der Waals surface area contributed by atoms with E-state index in [2.05, 4.69) is 10.6 Å². The van der Waals surface area contributed by atoms with Gasteiger partial charge in [0.2, 0.25) is 0 Å². The molecule has 0 spiro atoms. The Labute approximate surface area is 204 Å². The number of anilines is 2. The molecule has 0 aliphatic carbocycles. The van der Waals surface area contributed by atoms with Crippen LogP contribution in [0.3, 0.4) is 0 Å². The lowest BCUT2D eigenvalue weighted by Gasteiger charge is -2.16. The van der Waals surface area contributed by atoms with Crippen molar-refractivity contribution >= 4 is 34.8 Å². The molecular weight excluding hydrogens is 456 g/mol. The van der Waals surface area contributed by atoms with Crippen LogP contribution in [-0.4, -0.2) is 37.7 Å². The molecule has 0 bridgehead atoms. The van der Waals surface area contributed by atoms with Gasteiger partial charge in [0.15, 0.2) is 6.10 Å². The summed E-state index contributed by atoms with van der Waals surface area (Å²) in [6, 6.07) is 20.8. The molecule has 34 heavy (non-hydrogen) atoms. The fourth-order valence-corrected chi connectivity index (χ4v) is 3.18. The molecule has 0 saturated carbocycles. The van der Waals surface area contributed by atoms with E-state index in [1.807, 2.05) is 6.92 Å². The zero-order valence-electron chi connectivity index (χ0n) is 19.0. The zero-order valence-corrected chi connectivity index (χ0v) is 19.8. The van der Waals surface area contributed by atoms with Gasteiger partial charge in [-0.1, -0.05) is 35.9 Å². The van der Waals surface area contributed by atoms with Crippen LogP contribution in [0.15, 0.2) is 72.8 Å². The van der Waals surface area contributed by atoms with Crippen LogP contribution in [0.4, 0.5) is 11.4 Å². The van der Waals surface area contributed by atoms with Crippen LogP contribution in [0.1, 0.15) is 24.2 Å². The van der Waals surface area contributed by atoms with E-state index in [0.29, 0.717) is 53.3 Å². The largest absolute Gasteiger partial charge is 0.490 e. The molecular formula is C26H27ClN2O5. The Morgan fingerprint density at radius 1 is 0.853 bits per heavy atom. The van der Waals surface area contributed by atoms with Crippen molar-refractivity contribution in [1.29, 1.82) is 0 Å². The van der Waals surface area contributed by atoms with Gasteiger partial charge in [-0.3, -0.25) is 9.59 Å². The predicted molar refractivity (Wildman–Crippen MR) is 133 cm³/mol. The lowest BCUT2D eigenvalue weighted by Crippen LogP contribution is -2.30. The van der Waals surface area contributed by atoms with Gasteiger partial charge in [0.1, 0.15) is 18.1 Å². The number of carbonyl (C=O) groups excluding carboxylic acids is 2. The maximum absolute atomic E-state index is 12.8. The Kier molecular flexibility index (Phi) is 9.31. The third-order valence-electron chi connectivity index (χ3n) is 4.74. The summed E-state index contributed by atoms with van der Waals surface area (Å²) in [5.41, 5.74) is 1.56. The van der Waals surface area contributed by atoms with Crippen molar-refractivity contribution in [3.63, 3.8) is 0 Å². The number of carbonyl (C=O) groups is 2. The third kappa shape index (κ3) is 7.23. The average molecular weight is 483 g/mol. The fourth-order valence-electron chi connectivity index (χ4n) is 3.00. The number of ether oxygens (including phenoxy) is 3. The van der Waals surface area contributed by atoms with Crippen LogP contribution >= 0.6 is 11.6 Å². The molecule has 178 valence electrons. The average Bonchev–Trinajstić information content (AvgIpc) is 2.84. The summed E-state index contributed by atoms with van der Waals surface area (Å²) in [6.45, 7) is 4.95. The van der Waals surface area contributed by atoms with E-state index < -0.39 is 6.10 Å². The van der Waals surface area contributed by atoms with E-state index in [-0.39, 0.29) is 11.8 Å². The number of amides is 2. The first-order chi connectivity index (χ1) is 16.5. The highest BCUT2D eigenvalue weighted by atomic mass is 35.5. The topological polar surface area (TPSA) is 85.9 Å². The molecule has 2 amide bonds. The van der Waals surface area contributed by atoms with Gasteiger partial charge in [-0.15, -0.1) is 0 Å². The van der Waals surface area contributed by atoms with Crippen LogP contribution in [0.25, 0.3) is 0 Å². The molecule has 7 nitrogen and oxygen atoms in total. The Morgan fingerprint density at radius 2 is 1.47 bits per heavy atom. The van der Waals surface area contributed by atoms with Crippen LogP contribution < -0.4 is 20.1 Å². The van der Waals surface area contributed by atoms with E-state index >= 15 is 0 Å². The van der Waals surface area contributed by atoms with Crippen molar-refractivity contribution in [3.8, 4) is 11.5 Å². The molecule has 1 atom stereocenters. The molecule has 0 radical (unpaired) electrons. The molecule has 0 aliphatic heterocycles. The van der Waals surface area contributed by atoms with E-state index in [0.717, 1.165) is 0 Å². The highest BCUT2D eigenvalue weighted by Gasteiger charge is 2.17. The third-order valence-corrected chi connectivity index (χ3v) is 5.05. The van der Waals surface area contributed by atoms with Crippen molar-refractivity contribution in [3.05, 3.63) is 83.4 Å². The number of hydrogen-bond acceptors (Lipinski definition) is 5. The minimum Gasteiger partial charge on any atom is -0.490 e. The summed E-state index contributed by atoms with van der Waals surface area (Å²) in [5, 5.41) is 6.06. The van der Waals surface area contributed by atoms with E-state index in [1.54, 1.807) is 79.7 Å². The quantitative estimate of drug-likeness (QED) is 0.357. The first kappa shape index (κ1) is 25.1. The second kappa shape index (κ2) is 12.6. The summed E-state index contributed by atoms with van der Waals surface area (Å²) in [4.78, 5) is 25.2. The smallest absolute Gasteiger partial charge is 0.265 e. The molecule has 3 rings (SSSR count). The molecule has 2 N–H and O–H groups in total. The van der Waals surface area contributed by atoms with Gasteiger partial charge in [-0.05, 0) is 62.4 Å². The van der Waals surface area contributed by atoms with Gasteiger partial charge in [0.05, 0.1) is 17.2 Å². The summed E-state index contributed by atoms with van der Waals surface area (Å²) < 4.78 is 16.6. The van der Waals surface area contributed by atoms with Gasteiger partial charge in [0.25, 0.3) is 11.8 Å². The number of nitrogens with one attached hydrogen (secondary N) is 2. The maximum atomic E-state index is 12.8. The Morgan fingerprint density at radius 3 is 2.15 bits per heavy atom. The van der Waals surface area contributed by atoms with Crippen molar-refractivity contribution < 1.29 is 23.8 Å². The molecule has 3 aromatic carbocycles. The van der Waals surface area contributed by atoms with Crippen LogP contribution in [0.2, 0.25) is 5.02 Å². The molecule has 0 heterocycles. The molecule has 1 unspecified atom stereocenters. The number of halogens is 1. The predicted octanol–water partition coefficient (Wildman–Crippen LogP) is 5.41. The first-order valence-electron chi connectivity index (χ1n) is 10.9. The molecule has 8 heteroatoms. The minimum absolute atomic E-state index is 0.300. The van der Waals surface area contributed by atoms with Crippen molar-refractivity contribution in [2.45, 2.75) is 20.0 Å². The monoisotopic (exact) mass is 482 g/mol. The number of rotatable bonds is 11. The Bertz CT molecular complexity index is 1100. The summed E-state index contributed by atoms with van der Waals surface area (Å²) in [7, 11) is 0. The van der Waals surface area contributed by atoms with Crippen molar-refractivity contribution in [2.75, 3.05) is 30.5 Å². The molecule has 0 aliphatic rings. The van der Waals surface area contributed by atoms with E-state index in [4.69, 9.17) is 25.8 Å². The van der Waals surface area contributed by atoms with Crippen molar-refractivity contribution in [1.82, 2.24) is 0 Å². The Hall–Kier alpha value is -3.55. The molecule has 0 aromatic heterocycles. The summed E-state index contributed by atoms with van der Waals surface area (Å²) in [6.07, 6.45) is -0.751. The second-order valence-corrected chi connectivity index (χ2v) is 7.66. The van der Waals surface area contributed by atoms with Gasteiger partial charge in [-0.25, -0.2) is 0 Å². The molecule has 0 fully saturated rings. The van der Waals surface area contributed by atoms with Gasteiger partial charge < -0.3 is 24.8 Å². The standard InChI is InChI=1S/C26H27ClN2O5/c1-3-32-16-17-33-23-10-6-4-8-21(23)26(31)29-20-14-12-19(13-15-20)28-25(30)18(2)34-24-11-7-5-9-22(24)27/h4-15,18H,3,16-17H2,1-2H3,(H,28,30)(H,29,31). The lowest BCUT2D eigenvalue weighted by atomic mass is 10.1. The molecule has 0 saturated heterocycles. The number of hydrogen-bond donors (Lipinski definition) is 2. The van der Waals surface area contributed by atoms with Gasteiger partial charge in [0, 0.05) is 18.0 Å². The summed E-state index contributed by atoms with van der Waals surface area (Å²) in [5.74, 6) is 0.295. The normalized spacial score (nSPS) is 11.4. The maximum Gasteiger partial charge on any atom is 0.265 e. The van der Waals surface area contributed by atoms with E-state index in [1.165, 1.54) is 0 Å². The van der Waals surface area contributed by atoms with Crippen LogP contribution in [0, 0.1) is 0 Å². The highest BCUT2D eigenvalue weighted by Crippen LogP contribution is 2.25. The summed E-state index contributed by atoms with van der Waals surface area (Å²) >= 11 is 6.08. The first-order valence-corrected chi connectivity index (χ1v) is 11.3. The van der Waals surface area contributed by atoms with Crippen LogP contribution in [-0.2, 0) is 9.53 Å². The van der Waals surface area contributed by atoms with E-state index in [9.17, 15) is 9.59 Å². The van der Waals surface area contributed by atoms with Crippen molar-refractivity contribution in [2.24, 2.45) is 0 Å². The SMILES string of the molecule is CCOCCOc1ccccc1C(=O)Nc1ccc(NC(=O)C(C)Oc2ccccc2Cl)cc1. The van der Waals surface area contributed by atoms with Crippen LogP contribution in [0.5, 0.6) is 11.5 Å². The van der Waals surface area contributed by atoms with Gasteiger partial charge >= 0.3 is 0 Å². The minimum atomic E-state index is -0.751. The highest BCUT2D eigenvalue weighted by molar-refractivity contribution is 6.32.